The van der Waals surface area contributed by atoms with Crippen molar-refractivity contribution in [1.82, 2.24) is 9.97 Å². The zero-order valence-corrected chi connectivity index (χ0v) is 13.4. The Labute approximate surface area is 123 Å². The van der Waals surface area contributed by atoms with Crippen molar-refractivity contribution in [2.45, 2.75) is 58.8 Å². The lowest BCUT2D eigenvalue weighted by Gasteiger charge is -2.29. The molecular formula is C16H28N4. The van der Waals surface area contributed by atoms with Crippen LogP contribution in [0.1, 0.15) is 59.2 Å². The quantitative estimate of drug-likeness (QED) is 0.912. The number of hydrogen-bond donors (Lipinski definition) is 1. The van der Waals surface area contributed by atoms with Crippen LogP contribution in [-0.2, 0) is 5.41 Å². The molecule has 2 heterocycles. The molecule has 0 amide bonds. The monoisotopic (exact) mass is 276 g/mol. The largest absolute Gasteiger partial charge is 0.370 e. The Morgan fingerprint density at radius 2 is 1.85 bits per heavy atom. The third kappa shape index (κ3) is 3.84. The molecule has 2 rings (SSSR count). The SMILES string of the molecule is CCCNc1cc(N2CCCCC2)nc(C(C)(C)C)n1. The summed E-state index contributed by atoms with van der Waals surface area (Å²) in [5.74, 6) is 2.98. The van der Waals surface area contributed by atoms with Gasteiger partial charge in [0.05, 0.1) is 0 Å². The molecule has 112 valence electrons. The highest BCUT2D eigenvalue weighted by Gasteiger charge is 2.21. The number of piperidine rings is 1. The van der Waals surface area contributed by atoms with Crippen LogP contribution in [0.15, 0.2) is 6.07 Å². The van der Waals surface area contributed by atoms with Crippen molar-refractivity contribution >= 4 is 11.6 Å². The van der Waals surface area contributed by atoms with Gasteiger partial charge in [-0.05, 0) is 25.7 Å². The summed E-state index contributed by atoms with van der Waals surface area (Å²) in [6.07, 6.45) is 4.99. The molecule has 1 aromatic rings. The van der Waals surface area contributed by atoms with Crippen LogP contribution in [0.5, 0.6) is 0 Å². The third-order valence-electron chi connectivity index (χ3n) is 3.62. The zero-order chi connectivity index (χ0) is 14.6. The van der Waals surface area contributed by atoms with E-state index in [0.717, 1.165) is 43.5 Å². The molecule has 1 saturated heterocycles. The minimum atomic E-state index is -0.0194. The van der Waals surface area contributed by atoms with E-state index in [1.54, 1.807) is 0 Å². The first-order valence-electron chi connectivity index (χ1n) is 7.89. The maximum atomic E-state index is 4.81. The van der Waals surface area contributed by atoms with Gasteiger partial charge in [0.2, 0.25) is 0 Å². The maximum absolute atomic E-state index is 4.81. The van der Waals surface area contributed by atoms with Crippen LogP contribution < -0.4 is 10.2 Å². The highest BCUT2D eigenvalue weighted by atomic mass is 15.2. The van der Waals surface area contributed by atoms with Gasteiger partial charge in [-0.2, -0.15) is 0 Å². The number of anilines is 2. The van der Waals surface area contributed by atoms with Gasteiger partial charge in [-0.15, -0.1) is 0 Å². The molecule has 0 bridgehead atoms. The predicted molar refractivity (Wildman–Crippen MR) is 85.6 cm³/mol. The molecule has 1 aliphatic heterocycles. The van der Waals surface area contributed by atoms with Gasteiger partial charge in [0, 0.05) is 31.1 Å². The molecule has 4 heteroatoms. The third-order valence-corrected chi connectivity index (χ3v) is 3.62. The summed E-state index contributed by atoms with van der Waals surface area (Å²) in [6, 6.07) is 2.11. The Morgan fingerprint density at radius 3 is 2.45 bits per heavy atom. The smallest absolute Gasteiger partial charge is 0.138 e. The fourth-order valence-corrected chi connectivity index (χ4v) is 2.40. The van der Waals surface area contributed by atoms with E-state index in [9.17, 15) is 0 Å². The van der Waals surface area contributed by atoms with E-state index < -0.39 is 0 Å². The van der Waals surface area contributed by atoms with E-state index in [1.807, 2.05) is 0 Å². The number of nitrogens with zero attached hydrogens (tertiary/aromatic N) is 3. The Hall–Kier alpha value is -1.32. The van der Waals surface area contributed by atoms with Crippen molar-refractivity contribution < 1.29 is 0 Å². The summed E-state index contributed by atoms with van der Waals surface area (Å²) in [4.78, 5) is 11.9. The molecule has 1 aromatic heterocycles. The van der Waals surface area contributed by atoms with Crippen LogP contribution in [0, 0.1) is 0 Å². The van der Waals surface area contributed by atoms with Crippen LogP contribution >= 0.6 is 0 Å². The Kier molecular flexibility index (Phi) is 4.84. The summed E-state index contributed by atoms with van der Waals surface area (Å²) in [6.45, 7) is 11.9. The molecule has 0 unspecified atom stereocenters. The van der Waals surface area contributed by atoms with Crippen molar-refractivity contribution in [1.29, 1.82) is 0 Å². The summed E-state index contributed by atoms with van der Waals surface area (Å²) in [7, 11) is 0. The zero-order valence-electron chi connectivity index (χ0n) is 13.4. The second-order valence-corrected chi connectivity index (χ2v) is 6.66. The molecule has 1 fully saturated rings. The lowest BCUT2D eigenvalue weighted by Crippen LogP contribution is -2.31. The summed E-state index contributed by atoms with van der Waals surface area (Å²) >= 11 is 0. The lowest BCUT2D eigenvalue weighted by molar-refractivity contribution is 0.536. The highest BCUT2D eigenvalue weighted by Crippen LogP contribution is 2.25. The molecule has 0 spiro atoms. The maximum Gasteiger partial charge on any atom is 0.138 e. The van der Waals surface area contributed by atoms with Crippen LogP contribution in [0.25, 0.3) is 0 Å². The molecule has 4 nitrogen and oxygen atoms in total. The van der Waals surface area contributed by atoms with Crippen LogP contribution in [-0.4, -0.2) is 29.6 Å². The minimum Gasteiger partial charge on any atom is -0.370 e. The molecule has 0 saturated carbocycles. The topological polar surface area (TPSA) is 41.0 Å². The van der Waals surface area contributed by atoms with E-state index in [-0.39, 0.29) is 5.41 Å². The second-order valence-electron chi connectivity index (χ2n) is 6.66. The van der Waals surface area contributed by atoms with E-state index in [0.29, 0.717) is 0 Å². The van der Waals surface area contributed by atoms with Gasteiger partial charge < -0.3 is 10.2 Å². The summed E-state index contributed by atoms with van der Waals surface area (Å²) in [5, 5.41) is 3.41. The second kappa shape index (κ2) is 6.42. The number of aromatic nitrogens is 2. The van der Waals surface area contributed by atoms with Gasteiger partial charge >= 0.3 is 0 Å². The standard InChI is InChI=1S/C16H28N4/c1-5-9-17-13-12-14(20-10-7-6-8-11-20)19-15(18-13)16(2,3)4/h12H,5-11H2,1-4H3,(H,17,18,19). The molecule has 1 N–H and O–H groups in total. The molecule has 20 heavy (non-hydrogen) atoms. The normalized spacial score (nSPS) is 16.3. The van der Waals surface area contributed by atoms with Crippen LogP contribution in [0.3, 0.4) is 0 Å². The van der Waals surface area contributed by atoms with Crippen molar-refractivity contribution in [3.63, 3.8) is 0 Å². The van der Waals surface area contributed by atoms with Gasteiger partial charge in [0.25, 0.3) is 0 Å². The van der Waals surface area contributed by atoms with Crippen molar-refractivity contribution in [3.05, 3.63) is 11.9 Å². The first-order valence-corrected chi connectivity index (χ1v) is 7.89. The first kappa shape index (κ1) is 15.1. The Balaban J connectivity index is 2.29. The molecule has 0 radical (unpaired) electrons. The molecule has 1 aliphatic rings. The summed E-state index contributed by atoms with van der Waals surface area (Å²) in [5.41, 5.74) is -0.0194. The summed E-state index contributed by atoms with van der Waals surface area (Å²) < 4.78 is 0. The molecule has 0 aromatic carbocycles. The fraction of sp³-hybridized carbons (Fsp3) is 0.750. The molecule has 0 aliphatic carbocycles. The average Bonchev–Trinajstić information content (AvgIpc) is 2.45. The number of hydrogen-bond acceptors (Lipinski definition) is 4. The minimum absolute atomic E-state index is 0.0194. The predicted octanol–water partition coefficient (Wildman–Crippen LogP) is 3.59. The molecular weight excluding hydrogens is 248 g/mol. The van der Waals surface area contributed by atoms with Gasteiger partial charge in [0.15, 0.2) is 0 Å². The van der Waals surface area contributed by atoms with Gasteiger partial charge in [-0.1, -0.05) is 27.7 Å². The van der Waals surface area contributed by atoms with E-state index >= 15 is 0 Å². The molecule has 0 atom stereocenters. The van der Waals surface area contributed by atoms with E-state index in [4.69, 9.17) is 4.98 Å². The Bertz CT molecular complexity index is 431. The fourth-order valence-electron chi connectivity index (χ4n) is 2.40. The van der Waals surface area contributed by atoms with Gasteiger partial charge in [-0.3, -0.25) is 0 Å². The highest BCUT2D eigenvalue weighted by molar-refractivity contribution is 5.50. The first-order chi connectivity index (χ1) is 9.50. The Morgan fingerprint density at radius 1 is 1.15 bits per heavy atom. The van der Waals surface area contributed by atoms with E-state index in [1.165, 1.54) is 19.3 Å². The van der Waals surface area contributed by atoms with Crippen molar-refractivity contribution in [2.24, 2.45) is 0 Å². The van der Waals surface area contributed by atoms with Gasteiger partial charge in [0.1, 0.15) is 17.5 Å². The van der Waals surface area contributed by atoms with Crippen LogP contribution in [0.4, 0.5) is 11.6 Å². The van der Waals surface area contributed by atoms with Crippen molar-refractivity contribution in [3.8, 4) is 0 Å². The lowest BCUT2D eigenvalue weighted by atomic mass is 9.95. The number of nitrogens with one attached hydrogen (secondary N) is 1. The van der Waals surface area contributed by atoms with E-state index in [2.05, 4.69) is 49.0 Å². The average molecular weight is 276 g/mol. The number of rotatable bonds is 4. The van der Waals surface area contributed by atoms with Crippen molar-refractivity contribution in [2.75, 3.05) is 29.9 Å². The van der Waals surface area contributed by atoms with Crippen LogP contribution in [0.2, 0.25) is 0 Å². The van der Waals surface area contributed by atoms with Gasteiger partial charge in [-0.25, -0.2) is 9.97 Å².